The second-order valence-electron chi connectivity index (χ2n) is 10.1. The summed E-state index contributed by atoms with van der Waals surface area (Å²) in [5, 5.41) is 19.0. The molecule has 1 aromatic heterocycles. The predicted octanol–water partition coefficient (Wildman–Crippen LogP) is 3.83. The summed E-state index contributed by atoms with van der Waals surface area (Å²) in [7, 11) is 1.52. The first kappa shape index (κ1) is 28.6. The maximum absolute atomic E-state index is 13.6. The maximum Gasteiger partial charge on any atom is 0.294 e. The van der Waals surface area contributed by atoms with E-state index in [2.05, 4.69) is 31.5 Å². The Morgan fingerprint density at radius 3 is 2.54 bits per heavy atom. The summed E-state index contributed by atoms with van der Waals surface area (Å²) in [6.45, 7) is 1.56. The van der Waals surface area contributed by atoms with Crippen LogP contribution in [0.1, 0.15) is 46.4 Å². The number of nitro groups is 1. The molecule has 1 aliphatic carbocycles. The topological polar surface area (TPSA) is 156 Å². The summed E-state index contributed by atoms with van der Waals surface area (Å²) in [6, 6.07) is 8.45. The second-order valence-corrected chi connectivity index (χ2v) is 11.0. The fraction of sp³-hybridized carbons (Fsp3) is 0.393. The molecule has 13 heteroatoms. The highest BCUT2D eigenvalue weighted by molar-refractivity contribution is 9.10. The van der Waals surface area contributed by atoms with Gasteiger partial charge in [0.15, 0.2) is 0 Å². The molecule has 41 heavy (non-hydrogen) atoms. The van der Waals surface area contributed by atoms with E-state index in [-0.39, 0.29) is 28.4 Å². The van der Waals surface area contributed by atoms with E-state index in [1.54, 1.807) is 29.2 Å². The highest BCUT2D eigenvalue weighted by Crippen LogP contribution is 2.36. The number of hydrogen-bond donors (Lipinski definition) is 3. The van der Waals surface area contributed by atoms with Crippen molar-refractivity contribution in [2.75, 3.05) is 38.7 Å². The lowest BCUT2D eigenvalue weighted by atomic mass is 9.89. The summed E-state index contributed by atoms with van der Waals surface area (Å²) in [4.78, 5) is 55.3. The van der Waals surface area contributed by atoms with Gasteiger partial charge in [0.2, 0.25) is 5.56 Å². The number of nitrogens with zero attached hydrogens (tertiary/aromatic N) is 2. The molecule has 0 unspecified atom stereocenters. The molecule has 2 atom stereocenters. The van der Waals surface area contributed by atoms with Gasteiger partial charge in [-0.2, -0.15) is 0 Å². The minimum absolute atomic E-state index is 0.118. The number of H-pyrrole nitrogens is 1. The number of nitrogens with one attached hydrogen (secondary N) is 3. The van der Waals surface area contributed by atoms with Crippen LogP contribution in [0.4, 0.5) is 11.4 Å². The summed E-state index contributed by atoms with van der Waals surface area (Å²) >= 11 is 3.32. The molecule has 2 amide bonds. The molecule has 2 aliphatic rings. The smallest absolute Gasteiger partial charge is 0.294 e. The number of rotatable bonds is 7. The van der Waals surface area contributed by atoms with Crippen LogP contribution >= 0.6 is 15.9 Å². The van der Waals surface area contributed by atoms with Crippen LogP contribution in [-0.4, -0.2) is 72.1 Å². The number of carbonyl (C=O) groups excluding carboxylic acids is 2. The van der Waals surface area contributed by atoms with Crippen LogP contribution in [0.5, 0.6) is 5.75 Å². The average molecular weight is 628 g/mol. The molecule has 12 nitrogen and oxygen atoms in total. The van der Waals surface area contributed by atoms with Gasteiger partial charge in [-0.25, -0.2) is 0 Å². The standard InChI is InChI=1S/C28H30BrN5O7/c1-40-17-6-7-21-18(14-17)19(15-25(35)30-21)27(36)32-23-5-3-2-4-22(23)31-26-20(12-16(29)13-24(26)34(38)39)28(37)33-8-10-41-11-9-33/h6-7,12-15,22-23,31H,2-5,8-11H2,1H3,(H,30,35)(H,32,36)/t22-,23+/m1/s1. The lowest BCUT2D eigenvalue weighted by molar-refractivity contribution is -0.384. The first-order valence-electron chi connectivity index (χ1n) is 13.4. The highest BCUT2D eigenvalue weighted by atomic mass is 79.9. The Bertz CT molecular complexity index is 1550. The number of methoxy groups -OCH3 is 1. The van der Waals surface area contributed by atoms with Gasteiger partial charge in [-0.05, 0) is 37.1 Å². The van der Waals surface area contributed by atoms with E-state index in [1.165, 1.54) is 19.2 Å². The lowest BCUT2D eigenvalue weighted by Crippen LogP contribution is -2.49. The average Bonchev–Trinajstić information content (AvgIpc) is 2.98. The van der Waals surface area contributed by atoms with E-state index in [1.807, 2.05) is 0 Å². The van der Waals surface area contributed by atoms with Crippen molar-refractivity contribution < 1.29 is 24.0 Å². The molecule has 216 valence electrons. The van der Waals surface area contributed by atoms with Crippen molar-refractivity contribution in [2.45, 2.75) is 37.8 Å². The zero-order valence-corrected chi connectivity index (χ0v) is 24.0. The predicted molar refractivity (Wildman–Crippen MR) is 156 cm³/mol. The third kappa shape index (κ3) is 6.20. The van der Waals surface area contributed by atoms with Crippen molar-refractivity contribution in [3.8, 4) is 5.75 Å². The fourth-order valence-corrected chi connectivity index (χ4v) is 5.89. The number of hydrogen-bond acceptors (Lipinski definition) is 8. The Balaban J connectivity index is 1.46. The van der Waals surface area contributed by atoms with Crippen LogP contribution in [0.2, 0.25) is 0 Å². The van der Waals surface area contributed by atoms with Gasteiger partial charge < -0.3 is 30.0 Å². The molecular weight excluding hydrogens is 598 g/mol. The van der Waals surface area contributed by atoms with Gasteiger partial charge in [0.05, 0.1) is 36.4 Å². The van der Waals surface area contributed by atoms with Gasteiger partial charge in [0.25, 0.3) is 17.5 Å². The molecule has 0 bridgehead atoms. The number of ether oxygens (including phenoxy) is 2. The molecule has 2 fully saturated rings. The Morgan fingerprint density at radius 2 is 1.83 bits per heavy atom. The molecule has 1 saturated carbocycles. The number of pyridine rings is 1. The van der Waals surface area contributed by atoms with Crippen molar-refractivity contribution in [1.82, 2.24) is 15.2 Å². The zero-order valence-electron chi connectivity index (χ0n) is 22.4. The first-order chi connectivity index (χ1) is 19.7. The van der Waals surface area contributed by atoms with Gasteiger partial charge in [-0.15, -0.1) is 0 Å². The van der Waals surface area contributed by atoms with E-state index in [9.17, 15) is 24.5 Å². The molecule has 2 aromatic carbocycles. The number of halogens is 1. The highest BCUT2D eigenvalue weighted by Gasteiger charge is 2.33. The van der Waals surface area contributed by atoms with Crippen LogP contribution in [0, 0.1) is 10.1 Å². The van der Waals surface area contributed by atoms with Crippen LogP contribution < -0.4 is 20.9 Å². The first-order valence-corrected chi connectivity index (χ1v) is 14.2. The molecule has 1 saturated heterocycles. The Morgan fingerprint density at radius 1 is 1.10 bits per heavy atom. The van der Waals surface area contributed by atoms with E-state index < -0.39 is 28.5 Å². The molecule has 2 heterocycles. The molecule has 0 spiro atoms. The van der Waals surface area contributed by atoms with Crippen LogP contribution in [0.25, 0.3) is 10.9 Å². The largest absolute Gasteiger partial charge is 0.497 e. The van der Waals surface area contributed by atoms with Crippen LogP contribution in [0.15, 0.2) is 45.7 Å². The van der Waals surface area contributed by atoms with E-state index >= 15 is 0 Å². The minimum Gasteiger partial charge on any atom is -0.497 e. The van der Waals surface area contributed by atoms with Crippen LogP contribution in [-0.2, 0) is 4.74 Å². The lowest BCUT2D eigenvalue weighted by Gasteiger charge is -2.34. The number of carbonyl (C=O) groups is 2. The summed E-state index contributed by atoms with van der Waals surface area (Å²) in [5.74, 6) is -0.237. The molecule has 3 N–H and O–H groups in total. The van der Waals surface area contributed by atoms with E-state index in [4.69, 9.17) is 9.47 Å². The van der Waals surface area contributed by atoms with Gasteiger partial charge in [0, 0.05) is 52.7 Å². The van der Waals surface area contributed by atoms with Gasteiger partial charge in [-0.1, -0.05) is 28.8 Å². The van der Waals surface area contributed by atoms with Gasteiger partial charge in [-0.3, -0.25) is 24.5 Å². The Labute approximate surface area is 243 Å². The van der Waals surface area contributed by atoms with Crippen molar-refractivity contribution in [3.05, 3.63) is 72.5 Å². The number of anilines is 1. The van der Waals surface area contributed by atoms with E-state index in [0.717, 1.165) is 12.8 Å². The Hall–Kier alpha value is -3.97. The van der Waals surface area contributed by atoms with E-state index in [0.29, 0.717) is 60.3 Å². The number of benzene rings is 2. The molecule has 5 rings (SSSR count). The number of fused-ring (bicyclic) bond motifs is 1. The second kappa shape index (κ2) is 12.3. The summed E-state index contributed by atoms with van der Waals surface area (Å²) < 4.78 is 11.1. The molecule has 1 aliphatic heterocycles. The van der Waals surface area contributed by atoms with Crippen LogP contribution in [0.3, 0.4) is 0 Å². The SMILES string of the molecule is COc1ccc2[nH]c(=O)cc(C(=O)N[C@H]3CCCC[C@H]3Nc3c(C(=O)N4CCOCC4)cc(Br)cc3[N+](=O)[O-])c2c1. The quantitative estimate of drug-likeness (QED) is 0.263. The third-order valence-corrected chi connectivity index (χ3v) is 7.97. The van der Waals surface area contributed by atoms with Gasteiger partial charge in [0.1, 0.15) is 11.4 Å². The van der Waals surface area contributed by atoms with Crippen molar-refractivity contribution >= 4 is 50.0 Å². The molecule has 3 aromatic rings. The number of amides is 2. The fourth-order valence-electron chi connectivity index (χ4n) is 5.45. The zero-order chi connectivity index (χ0) is 29.1. The number of aromatic nitrogens is 1. The Kier molecular flexibility index (Phi) is 8.54. The van der Waals surface area contributed by atoms with Gasteiger partial charge >= 0.3 is 0 Å². The van der Waals surface area contributed by atoms with Crippen molar-refractivity contribution in [3.63, 3.8) is 0 Å². The summed E-state index contributed by atoms with van der Waals surface area (Å²) in [5.41, 5.74) is 0.342. The van der Waals surface area contributed by atoms with Crippen molar-refractivity contribution in [2.24, 2.45) is 0 Å². The summed E-state index contributed by atoms with van der Waals surface area (Å²) in [6.07, 6.45) is 2.92. The normalized spacial score (nSPS) is 19.0. The monoisotopic (exact) mass is 627 g/mol. The number of morpholine rings is 1. The minimum atomic E-state index is -0.518. The molecule has 0 radical (unpaired) electrons. The maximum atomic E-state index is 13.6. The number of nitro benzene ring substituents is 1. The number of aromatic amines is 1. The third-order valence-electron chi connectivity index (χ3n) is 7.51. The van der Waals surface area contributed by atoms with Crippen molar-refractivity contribution in [1.29, 1.82) is 0 Å². The molecular formula is C28H30BrN5O7.